The number of thioether (sulfide) groups is 1. The minimum absolute atomic E-state index is 0.304. The van der Waals surface area contributed by atoms with Crippen molar-refractivity contribution in [1.82, 2.24) is 5.16 Å². The van der Waals surface area contributed by atoms with Crippen LogP contribution in [0, 0.1) is 0 Å². The van der Waals surface area contributed by atoms with Crippen LogP contribution in [0.25, 0.3) is 0 Å². The summed E-state index contributed by atoms with van der Waals surface area (Å²) in [6.45, 7) is 0. The molecule has 1 aromatic rings. The Morgan fingerprint density at radius 1 is 1.58 bits per heavy atom. The van der Waals surface area contributed by atoms with E-state index in [1.165, 1.54) is 24.9 Å². The van der Waals surface area contributed by atoms with Crippen LogP contribution in [0.5, 0.6) is 5.75 Å². The minimum Gasteiger partial charge on any atom is -0.475 e. The van der Waals surface area contributed by atoms with Crippen molar-refractivity contribution in [3.63, 3.8) is 0 Å². The van der Waals surface area contributed by atoms with Gasteiger partial charge in [-0.15, -0.1) is 11.8 Å². The Kier molecular flexibility index (Phi) is 2.56. The summed E-state index contributed by atoms with van der Waals surface area (Å²) >= 11 is 1.87. The van der Waals surface area contributed by atoms with Gasteiger partial charge in [-0.2, -0.15) is 0 Å². The lowest BCUT2D eigenvalue weighted by molar-refractivity contribution is 0.265. The summed E-state index contributed by atoms with van der Waals surface area (Å²) in [6.07, 6.45) is 6.86. The lowest BCUT2D eigenvalue weighted by Crippen LogP contribution is -2.16. The third-order valence-electron chi connectivity index (χ3n) is 1.82. The second-order valence-electron chi connectivity index (χ2n) is 2.77. The first kappa shape index (κ1) is 7.98. The maximum absolute atomic E-state index is 5.60. The van der Waals surface area contributed by atoms with Gasteiger partial charge in [0.1, 0.15) is 11.6 Å². The molecule has 0 aromatic carbocycles. The monoisotopic (exact) mass is 185 g/mol. The van der Waals surface area contributed by atoms with Gasteiger partial charge in [0.05, 0.1) is 0 Å². The summed E-state index contributed by atoms with van der Waals surface area (Å²) in [5.74, 6) is 1.95. The maximum atomic E-state index is 5.60. The summed E-state index contributed by atoms with van der Waals surface area (Å²) < 4.78 is 10.3. The van der Waals surface area contributed by atoms with E-state index in [1.54, 1.807) is 6.20 Å². The van der Waals surface area contributed by atoms with Crippen molar-refractivity contribution in [2.75, 3.05) is 5.75 Å². The molecule has 2 rings (SSSR count). The topological polar surface area (TPSA) is 35.3 Å². The van der Waals surface area contributed by atoms with Gasteiger partial charge in [0, 0.05) is 0 Å². The molecule has 1 aromatic heterocycles. The number of ether oxygens (including phenoxy) is 1. The van der Waals surface area contributed by atoms with Gasteiger partial charge in [-0.25, -0.2) is 0 Å². The SMILES string of the molecule is c1nocc1OC1CCCCS1. The molecule has 0 radical (unpaired) electrons. The van der Waals surface area contributed by atoms with Gasteiger partial charge in [-0.05, 0) is 25.0 Å². The Balaban J connectivity index is 1.86. The molecule has 0 saturated carbocycles. The Morgan fingerprint density at radius 2 is 2.58 bits per heavy atom. The van der Waals surface area contributed by atoms with E-state index in [0.717, 1.165) is 12.2 Å². The minimum atomic E-state index is 0.304. The smallest absolute Gasteiger partial charge is 0.180 e. The third kappa shape index (κ3) is 1.94. The van der Waals surface area contributed by atoms with E-state index >= 15 is 0 Å². The Bertz CT molecular complexity index is 219. The Hall–Kier alpha value is -0.640. The Morgan fingerprint density at radius 3 is 3.25 bits per heavy atom. The fourth-order valence-electron chi connectivity index (χ4n) is 1.21. The van der Waals surface area contributed by atoms with Crippen LogP contribution in [0.2, 0.25) is 0 Å². The van der Waals surface area contributed by atoms with Crippen molar-refractivity contribution in [3.8, 4) is 5.75 Å². The van der Waals surface area contributed by atoms with Gasteiger partial charge in [-0.1, -0.05) is 5.16 Å². The fourth-order valence-corrected chi connectivity index (χ4v) is 2.36. The van der Waals surface area contributed by atoms with E-state index in [-0.39, 0.29) is 0 Å². The van der Waals surface area contributed by atoms with Crippen LogP contribution in [0.3, 0.4) is 0 Å². The molecular weight excluding hydrogens is 174 g/mol. The molecule has 66 valence electrons. The highest BCUT2D eigenvalue weighted by Gasteiger charge is 2.15. The number of hydrogen-bond acceptors (Lipinski definition) is 4. The van der Waals surface area contributed by atoms with E-state index in [1.807, 2.05) is 11.8 Å². The van der Waals surface area contributed by atoms with E-state index < -0.39 is 0 Å². The second kappa shape index (κ2) is 3.85. The molecule has 3 nitrogen and oxygen atoms in total. The van der Waals surface area contributed by atoms with Gasteiger partial charge in [0.15, 0.2) is 12.0 Å². The predicted octanol–water partition coefficient (Wildman–Crippen LogP) is 2.30. The number of nitrogens with zero attached hydrogens (tertiary/aromatic N) is 1. The van der Waals surface area contributed by atoms with Gasteiger partial charge in [-0.3, -0.25) is 0 Å². The first-order valence-corrected chi connectivity index (χ1v) is 5.18. The predicted molar refractivity (Wildman–Crippen MR) is 47.2 cm³/mol. The molecule has 0 amide bonds. The molecule has 12 heavy (non-hydrogen) atoms. The number of hydrogen-bond donors (Lipinski definition) is 0. The molecular formula is C8H11NO2S. The highest BCUT2D eigenvalue weighted by atomic mass is 32.2. The van der Waals surface area contributed by atoms with Crippen molar-refractivity contribution in [2.24, 2.45) is 0 Å². The van der Waals surface area contributed by atoms with Crippen molar-refractivity contribution in [1.29, 1.82) is 0 Å². The molecule has 0 bridgehead atoms. The summed E-state index contributed by atoms with van der Waals surface area (Å²) in [7, 11) is 0. The first-order valence-electron chi connectivity index (χ1n) is 4.13. The Labute approximate surface area is 75.5 Å². The number of rotatable bonds is 2. The molecule has 0 spiro atoms. The molecule has 1 fully saturated rings. The second-order valence-corrected chi connectivity index (χ2v) is 4.04. The van der Waals surface area contributed by atoms with Gasteiger partial charge in [0.25, 0.3) is 0 Å². The van der Waals surface area contributed by atoms with E-state index in [2.05, 4.69) is 9.68 Å². The molecule has 1 aliphatic heterocycles. The van der Waals surface area contributed by atoms with Crippen LogP contribution >= 0.6 is 11.8 Å². The highest BCUT2D eigenvalue weighted by Crippen LogP contribution is 2.27. The molecule has 2 heterocycles. The van der Waals surface area contributed by atoms with Crippen LogP contribution < -0.4 is 4.74 Å². The van der Waals surface area contributed by atoms with E-state index in [9.17, 15) is 0 Å². The van der Waals surface area contributed by atoms with Crippen LogP contribution in [0.4, 0.5) is 0 Å². The van der Waals surface area contributed by atoms with Crippen molar-refractivity contribution >= 4 is 11.8 Å². The summed E-state index contributed by atoms with van der Waals surface area (Å²) in [5.41, 5.74) is 0.304. The molecule has 1 saturated heterocycles. The molecule has 0 N–H and O–H groups in total. The first-order chi connectivity index (χ1) is 5.95. The van der Waals surface area contributed by atoms with Gasteiger partial charge < -0.3 is 9.26 Å². The van der Waals surface area contributed by atoms with Crippen LogP contribution in [-0.4, -0.2) is 16.3 Å². The lowest BCUT2D eigenvalue weighted by Gasteiger charge is -2.20. The zero-order chi connectivity index (χ0) is 8.23. The molecule has 1 unspecified atom stereocenters. The summed E-state index contributed by atoms with van der Waals surface area (Å²) in [6, 6.07) is 0. The average Bonchev–Trinajstić information content (AvgIpc) is 2.59. The van der Waals surface area contributed by atoms with E-state index in [4.69, 9.17) is 4.74 Å². The van der Waals surface area contributed by atoms with Crippen LogP contribution in [0.1, 0.15) is 19.3 Å². The molecule has 1 aliphatic rings. The van der Waals surface area contributed by atoms with Crippen LogP contribution in [0.15, 0.2) is 17.0 Å². The maximum Gasteiger partial charge on any atom is 0.180 e. The normalized spacial score (nSPS) is 23.8. The largest absolute Gasteiger partial charge is 0.475 e. The van der Waals surface area contributed by atoms with Crippen molar-refractivity contribution in [3.05, 3.63) is 12.5 Å². The van der Waals surface area contributed by atoms with Crippen LogP contribution in [-0.2, 0) is 0 Å². The zero-order valence-corrected chi connectivity index (χ0v) is 7.55. The average molecular weight is 185 g/mol. The molecule has 0 aliphatic carbocycles. The standard InChI is InChI=1S/C8H11NO2S/c1-2-4-12-8(3-1)11-7-5-9-10-6-7/h5-6,8H,1-4H2. The lowest BCUT2D eigenvalue weighted by atomic mass is 10.2. The van der Waals surface area contributed by atoms with Gasteiger partial charge in [0.2, 0.25) is 0 Å². The highest BCUT2D eigenvalue weighted by molar-refractivity contribution is 7.99. The molecule has 1 atom stereocenters. The fraction of sp³-hybridized carbons (Fsp3) is 0.625. The van der Waals surface area contributed by atoms with Crippen molar-refractivity contribution < 1.29 is 9.26 Å². The van der Waals surface area contributed by atoms with Gasteiger partial charge >= 0.3 is 0 Å². The third-order valence-corrected chi connectivity index (χ3v) is 3.04. The molecule has 4 heteroatoms. The van der Waals surface area contributed by atoms with Crippen molar-refractivity contribution in [2.45, 2.75) is 24.7 Å². The quantitative estimate of drug-likeness (QED) is 0.708. The summed E-state index contributed by atoms with van der Waals surface area (Å²) in [4.78, 5) is 0. The zero-order valence-electron chi connectivity index (χ0n) is 6.73. The van der Waals surface area contributed by atoms with E-state index in [0.29, 0.717) is 5.44 Å². The number of aromatic nitrogens is 1. The summed E-state index contributed by atoms with van der Waals surface area (Å²) in [5, 5.41) is 3.58.